The highest BCUT2D eigenvalue weighted by atomic mass is 16.2. The molecule has 0 radical (unpaired) electrons. The van der Waals surface area contributed by atoms with Crippen molar-refractivity contribution in [3.8, 4) is 0 Å². The number of carbonyl (C=O) groups excluding carboxylic acids is 1. The maximum Gasteiger partial charge on any atom is 0.254 e. The van der Waals surface area contributed by atoms with Gasteiger partial charge in [0.1, 0.15) is 5.65 Å². The number of hydrogen-bond donors (Lipinski definition) is 1. The first kappa shape index (κ1) is 20.9. The van der Waals surface area contributed by atoms with Crippen LogP contribution in [0.2, 0.25) is 0 Å². The summed E-state index contributed by atoms with van der Waals surface area (Å²) in [6.07, 6.45) is 11.3. The number of fused-ring (bicyclic) bond motifs is 3. The van der Waals surface area contributed by atoms with Gasteiger partial charge in [0, 0.05) is 41.5 Å². The average Bonchev–Trinajstić information content (AvgIpc) is 3.41. The molecule has 3 aliphatic rings. The van der Waals surface area contributed by atoms with E-state index in [-0.39, 0.29) is 5.91 Å². The zero-order chi connectivity index (χ0) is 22.2. The standard InChI is InChI=1S/C28H34N4O/c33-28(26-7-3-2-6-22(26)19-31-14-4-1-5-15-31)32-24-10-11-25(32)18-20(17-24)16-23-9-8-21-12-13-29-27(21)30-23/h2-3,6-9,12-13,20,24-25H,1,4-5,10-11,14-19H2,(H,29,30). The van der Waals surface area contributed by atoms with E-state index in [1.54, 1.807) is 0 Å². The molecule has 172 valence electrons. The SMILES string of the molecule is O=C(c1ccccc1CN1CCCCC1)N1C2CCC1CC(Cc1ccc3cc[nH]c3n1)C2. The molecule has 2 bridgehead atoms. The molecule has 5 heterocycles. The van der Waals surface area contributed by atoms with Gasteiger partial charge in [0.15, 0.2) is 0 Å². The van der Waals surface area contributed by atoms with Crippen LogP contribution in [0.5, 0.6) is 0 Å². The molecule has 6 rings (SSSR count). The molecule has 3 aromatic rings. The molecule has 0 spiro atoms. The second-order valence-electron chi connectivity index (χ2n) is 10.4. The molecule has 3 saturated heterocycles. The number of piperidine rings is 2. The van der Waals surface area contributed by atoms with E-state index in [0.717, 1.165) is 62.9 Å². The van der Waals surface area contributed by atoms with Crippen molar-refractivity contribution < 1.29 is 4.79 Å². The minimum Gasteiger partial charge on any atom is -0.346 e. The van der Waals surface area contributed by atoms with Gasteiger partial charge in [-0.25, -0.2) is 4.98 Å². The van der Waals surface area contributed by atoms with E-state index in [9.17, 15) is 4.79 Å². The molecule has 5 heteroatoms. The summed E-state index contributed by atoms with van der Waals surface area (Å²) < 4.78 is 0. The first-order valence-corrected chi connectivity index (χ1v) is 12.8. The lowest BCUT2D eigenvalue weighted by atomic mass is 9.86. The van der Waals surface area contributed by atoms with Gasteiger partial charge in [0.05, 0.1) is 0 Å². The molecule has 33 heavy (non-hydrogen) atoms. The summed E-state index contributed by atoms with van der Waals surface area (Å²) in [4.78, 5) is 26.6. The fourth-order valence-electron chi connectivity index (χ4n) is 6.53. The fourth-order valence-corrected chi connectivity index (χ4v) is 6.53. The minimum absolute atomic E-state index is 0.263. The Kier molecular flexibility index (Phi) is 5.67. The van der Waals surface area contributed by atoms with Crippen LogP contribution < -0.4 is 0 Å². The molecule has 0 saturated carbocycles. The van der Waals surface area contributed by atoms with Crippen LogP contribution in [-0.4, -0.2) is 50.8 Å². The molecular weight excluding hydrogens is 408 g/mol. The molecule has 1 aromatic carbocycles. The van der Waals surface area contributed by atoms with E-state index in [4.69, 9.17) is 4.98 Å². The lowest BCUT2D eigenvalue weighted by Crippen LogP contribution is -2.47. The zero-order valence-corrected chi connectivity index (χ0v) is 19.4. The topological polar surface area (TPSA) is 52.2 Å². The van der Waals surface area contributed by atoms with Crippen LogP contribution in [0.3, 0.4) is 0 Å². The molecule has 5 nitrogen and oxygen atoms in total. The third kappa shape index (κ3) is 4.19. The monoisotopic (exact) mass is 442 g/mol. The molecule has 2 aromatic heterocycles. The number of H-pyrrole nitrogens is 1. The Bertz CT molecular complexity index is 1120. The van der Waals surface area contributed by atoms with Gasteiger partial charge < -0.3 is 9.88 Å². The Hall–Kier alpha value is -2.66. The van der Waals surface area contributed by atoms with E-state index in [1.807, 2.05) is 12.3 Å². The molecule has 2 atom stereocenters. The number of likely N-dealkylation sites (tertiary alicyclic amines) is 1. The Morgan fingerprint density at radius 2 is 1.76 bits per heavy atom. The van der Waals surface area contributed by atoms with Crippen LogP contribution in [0.4, 0.5) is 0 Å². The van der Waals surface area contributed by atoms with Crippen LogP contribution in [0.25, 0.3) is 11.0 Å². The predicted molar refractivity (Wildman–Crippen MR) is 131 cm³/mol. The first-order chi connectivity index (χ1) is 16.2. The van der Waals surface area contributed by atoms with Crippen molar-refractivity contribution in [2.75, 3.05) is 13.1 Å². The van der Waals surface area contributed by atoms with Crippen molar-refractivity contribution in [1.82, 2.24) is 19.8 Å². The Balaban J connectivity index is 1.16. The molecule has 1 amide bonds. The molecule has 1 N–H and O–H groups in total. The smallest absolute Gasteiger partial charge is 0.254 e. The lowest BCUT2D eigenvalue weighted by Gasteiger charge is -2.39. The highest BCUT2D eigenvalue weighted by Crippen LogP contribution is 2.41. The van der Waals surface area contributed by atoms with Crippen LogP contribution in [0.15, 0.2) is 48.7 Å². The van der Waals surface area contributed by atoms with Gasteiger partial charge in [0.25, 0.3) is 5.91 Å². The minimum atomic E-state index is 0.263. The summed E-state index contributed by atoms with van der Waals surface area (Å²) in [5.74, 6) is 0.870. The summed E-state index contributed by atoms with van der Waals surface area (Å²) >= 11 is 0. The van der Waals surface area contributed by atoms with Gasteiger partial charge in [0.2, 0.25) is 0 Å². The molecule has 0 aliphatic carbocycles. The number of nitrogens with zero attached hydrogens (tertiary/aromatic N) is 3. The zero-order valence-electron chi connectivity index (χ0n) is 19.4. The van der Waals surface area contributed by atoms with Crippen molar-refractivity contribution in [2.24, 2.45) is 5.92 Å². The summed E-state index contributed by atoms with van der Waals surface area (Å²) in [5, 5.41) is 1.17. The number of pyridine rings is 1. The van der Waals surface area contributed by atoms with Crippen LogP contribution in [-0.2, 0) is 13.0 Å². The van der Waals surface area contributed by atoms with E-state index < -0.39 is 0 Å². The first-order valence-electron chi connectivity index (χ1n) is 12.8. The van der Waals surface area contributed by atoms with E-state index in [2.05, 4.69) is 51.2 Å². The quantitative estimate of drug-likeness (QED) is 0.593. The van der Waals surface area contributed by atoms with E-state index >= 15 is 0 Å². The van der Waals surface area contributed by atoms with Crippen molar-refractivity contribution in [3.05, 3.63) is 65.5 Å². The fraction of sp³-hybridized carbons (Fsp3) is 0.500. The summed E-state index contributed by atoms with van der Waals surface area (Å²) in [5.41, 5.74) is 4.28. The van der Waals surface area contributed by atoms with Gasteiger partial charge in [-0.1, -0.05) is 24.6 Å². The highest BCUT2D eigenvalue weighted by molar-refractivity contribution is 5.96. The van der Waals surface area contributed by atoms with E-state index in [1.165, 1.54) is 35.9 Å². The lowest BCUT2D eigenvalue weighted by molar-refractivity contribution is 0.0521. The number of rotatable bonds is 5. The maximum absolute atomic E-state index is 13.8. The highest BCUT2D eigenvalue weighted by Gasteiger charge is 2.43. The van der Waals surface area contributed by atoms with Crippen molar-refractivity contribution in [3.63, 3.8) is 0 Å². The number of nitrogens with one attached hydrogen (secondary N) is 1. The summed E-state index contributed by atoms with van der Waals surface area (Å²) in [6, 6.07) is 15.5. The second kappa shape index (κ2) is 8.94. The number of aromatic amines is 1. The van der Waals surface area contributed by atoms with Gasteiger partial charge in [-0.15, -0.1) is 0 Å². The summed E-state index contributed by atoms with van der Waals surface area (Å²) in [6.45, 7) is 3.21. The maximum atomic E-state index is 13.8. The molecule has 2 unspecified atom stereocenters. The average molecular weight is 443 g/mol. The van der Waals surface area contributed by atoms with Gasteiger partial charge in [-0.3, -0.25) is 9.69 Å². The normalized spacial score (nSPS) is 25.6. The Labute approximate surface area is 196 Å². The van der Waals surface area contributed by atoms with Gasteiger partial charge in [-0.2, -0.15) is 0 Å². The van der Waals surface area contributed by atoms with Crippen LogP contribution in [0, 0.1) is 5.92 Å². The predicted octanol–water partition coefficient (Wildman–Crippen LogP) is 5.17. The number of benzene rings is 1. The van der Waals surface area contributed by atoms with Gasteiger partial charge >= 0.3 is 0 Å². The molecule has 3 fully saturated rings. The largest absolute Gasteiger partial charge is 0.346 e. The molecular formula is C28H34N4O. The third-order valence-corrected chi connectivity index (χ3v) is 8.12. The summed E-state index contributed by atoms with van der Waals surface area (Å²) in [7, 11) is 0. The van der Waals surface area contributed by atoms with Crippen molar-refractivity contribution in [2.45, 2.75) is 70.0 Å². The van der Waals surface area contributed by atoms with Crippen LogP contribution in [0.1, 0.15) is 66.6 Å². The Morgan fingerprint density at radius 1 is 0.970 bits per heavy atom. The third-order valence-electron chi connectivity index (χ3n) is 8.12. The number of carbonyl (C=O) groups is 1. The van der Waals surface area contributed by atoms with Crippen molar-refractivity contribution >= 4 is 16.9 Å². The number of amides is 1. The number of aromatic nitrogens is 2. The molecule has 3 aliphatic heterocycles. The Morgan fingerprint density at radius 3 is 2.58 bits per heavy atom. The second-order valence-corrected chi connectivity index (χ2v) is 10.4. The van der Waals surface area contributed by atoms with Crippen LogP contribution >= 0.6 is 0 Å². The van der Waals surface area contributed by atoms with E-state index in [0.29, 0.717) is 18.0 Å². The van der Waals surface area contributed by atoms with Crippen molar-refractivity contribution in [1.29, 1.82) is 0 Å². The number of hydrogen-bond acceptors (Lipinski definition) is 3. The van der Waals surface area contributed by atoms with Gasteiger partial charge in [-0.05, 0) is 93.8 Å².